The molecule has 0 aliphatic carbocycles. The summed E-state index contributed by atoms with van der Waals surface area (Å²) in [5, 5.41) is 4.70. The van der Waals surface area contributed by atoms with E-state index in [1.807, 2.05) is 13.8 Å². The van der Waals surface area contributed by atoms with Crippen molar-refractivity contribution >= 4 is 29.1 Å². The fourth-order valence-corrected chi connectivity index (χ4v) is 2.13. The molecule has 0 unspecified atom stereocenters. The van der Waals surface area contributed by atoms with Crippen molar-refractivity contribution < 1.29 is 22.8 Å². The Hall–Kier alpha value is -1.76. The molecule has 1 aromatic rings. The summed E-state index contributed by atoms with van der Waals surface area (Å²) in [7, 11) is 0. The minimum absolute atomic E-state index is 0.0160. The van der Waals surface area contributed by atoms with Crippen molar-refractivity contribution in [3.63, 3.8) is 0 Å². The Kier molecular flexibility index (Phi) is 6.87. The predicted molar refractivity (Wildman–Crippen MR) is 82.2 cm³/mol. The first-order valence-electron chi connectivity index (χ1n) is 7.13. The molecule has 0 atom stereocenters. The van der Waals surface area contributed by atoms with E-state index in [0.717, 1.165) is 18.2 Å². The maximum Gasteiger partial charge on any atom is 0.416 e. The lowest BCUT2D eigenvalue weighted by Crippen LogP contribution is -2.36. The lowest BCUT2D eigenvalue weighted by molar-refractivity contribution is -0.137. The molecule has 0 saturated carbocycles. The second-order valence-corrected chi connectivity index (χ2v) is 5.38. The highest BCUT2D eigenvalue weighted by molar-refractivity contribution is 6.33. The molecule has 0 heterocycles. The third-order valence-electron chi connectivity index (χ3n) is 3.35. The van der Waals surface area contributed by atoms with Gasteiger partial charge >= 0.3 is 6.18 Å². The third-order valence-corrected chi connectivity index (χ3v) is 3.68. The van der Waals surface area contributed by atoms with Gasteiger partial charge in [-0.05, 0) is 31.0 Å². The molecule has 8 heteroatoms. The zero-order valence-electron chi connectivity index (χ0n) is 12.8. The molecule has 23 heavy (non-hydrogen) atoms. The summed E-state index contributed by atoms with van der Waals surface area (Å²) in [4.78, 5) is 23.5. The van der Waals surface area contributed by atoms with E-state index in [2.05, 4.69) is 10.6 Å². The van der Waals surface area contributed by atoms with Gasteiger partial charge in [0.15, 0.2) is 0 Å². The second kappa shape index (κ2) is 8.19. The first-order valence-corrected chi connectivity index (χ1v) is 7.51. The molecule has 0 fully saturated rings. The Labute approximate surface area is 137 Å². The largest absolute Gasteiger partial charge is 0.416 e. The van der Waals surface area contributed by atoms with Gasteiger partial charge in [0.1, 0.15) is 0 Å². The van der Waals surface area contributed by atoms with Crippen LogP contribution in [0.5, 0.6) is 0 Å². The van der Waals surface area contributed by atoms with E-state index in [-0.39, 0.29) is 29.1 Å². The Bertz CT molecular complexity index is 572. The lowest BCUT2D eigenvalue weighted by Gasteiger charge is -2.14. The van der Waals surface area contributed by atoms with Crippen LogP contribution in [0.15, 0.2) is 18.2 Å². The topological polar surface area (TPSA) is 58.2 Å². The molecule has 1 aromatic carbocycles. The number of carbonyl (C=O) groups is 2. The van der Waals surface area contributed by atoms with E-state index < -0.39 is 17.6 Å². The van der Waals surface area contributed by atoms with E-state index in [1.54, 1.807) is 0 Å². The lowest BCUT2D eigenvalue weighted by atomic mass is 10.0. The van der Waals surface area contributed by atoms with Gasteiger partial charge < -0.3 is 10.6 Å². The van der Waals surface area contributed by atoms with Crippen LogP contribution >= 0.6 is 11.6 Å². The molecule has 0 saturated heterocycles. The number of benzene rings is 1. The Morgan fingerprint density at radius 1 is 1.22 bits per heavy atom. The van der Waals surface area contributed by atoms with Crippen LogP contribution in [0.2, 0.25) is 5.02 Å². The molecule has 0 aliphatic heterocycles. The molecular formula is C15H18ClF3N2O2. The summed E-state index contributed by atoms with van der Waals surface area (Å²) in [5.41, 5.74) is -1.07. The summed E-state index contributed by atoms with van der Waals surface area (Å²) in [6.07, 6.45) is -3.25. The van der Waals surface area contributed by atoms with Crippen molar-refractivity contribution in [3.05, 3.63) is 28.8 Å². The van der Waals surface area contributed by atoms with Crippen molar-refractivity contribution in [2.45, 2.75) is 32.9 Å². The molecule has 0 bridgehead atoms. The minimum Gasteiger partial charge on any atom is -0.347 e. The molecule has 2 amide bonds. The standard InChI is InChI=1S/C15H18ClF3N2O2/c1-3-9(4-2)14(23)20-8-13(22)21-12-7-10(15(17,18)19)5-6-11(12)16/h5-7,9H,3-4,8H2,1-2H3,(H,20,23)(H,21,22). The van der Waals surface area contributed by atoms with Crippen LogP contribution < -0.4 is 10.6 Å². The zero-order valence-corrected chi connectivity index (χ0v) is 13.5. The van der Waals surface area contributed by atoms with Gasteiger partial charge in [0.2, 0.25) is 11.8 Å². The minimum atomic E-state index is -4.53. The van der Waals surface area contributed by atoms with E-state index in [4.69, 9.17) is 11.6 Å². The van der Waals surface area contributed by atoms with Crippen LogP contribution in [-0.4, -0.2) is 18.4 Å². The molecule has 0 spiro atoms. The summed E-state index contributed by atoms with van der Waals surface area (Å²) >= 11 is 5.78. The van der Waals surface area contributed by atoms with Crippen LogP contribution in [0.1, 0.15) is 32.3 Å². The predicted octanol–water partition coefficient (Wildman–Crippen LogP) is 3.85. The highest BCUT2D eigenvalue weighted by Gasteiger charge is 2.31. The number of anilines is 1. The van der Waals surface area contributed by atoms with Gasteiger partial charge in [-0.2, -0.15) is 13.2 Å². The molecule has 4 nitrogen and oxygen atoms in total. The van der Waals surface area contributed by atoms with Gasteiger partial charge in [0.25, 0.3) is 0 Å². The molecule has 2 N–H and O–H groups in total. The summed E-state index contributed by atoms with van der Waals surface area (Å²) in [6, 6.07) is 2.64. The SMILES string of the molecule is CCC(CC)C(=O)NCC(=O)Nc1cc(C(F)(F)F)ccc1Cl. The maximum atomic E-state index is 12.6. The molecule has 0 radical (unpaired) electrons. The smallest absolute Gasteiger partial charge is 0.347 e. The second-order valence-electron chi connectivity index (χ2n) is 4.97. The number of nitrogens with one attached hydrogen (secondary N) is 2. The average molecular weight is 351 g/mol. The summed E-state index contributed by atoms with van der Waals surface area (Å²) < 4.78 is 37.9. The highest BCUT2D eigenvalue weighted by atomic mass is 35.5. The van der Waals surface area contributed by atoms with E-state index in [9.17, 15) is 22.8 Å². The van der Waals surface area contributed by atoms with Crippen molar-refractivity contribution in [2.24, 2.45) is 5.92 Å². The number of hydrogen-bond donors (Lipinski definition) is 2. The molecule has 128 valence electrons. The number of alkyl halides is 3. The van der Waals surface area contributed by atoms with Crippen LogP contribution in [0, 0.1) is 5.92 Å². The highest BCUT2D eigenvalue weighted by Crippen LogP contribution is 2.33. The van der Waals surface area contributed by atoms with Crippen molar-refractivity contribution in [3.8, 4) is 0 Å². The Morgan fingerprint density at radius 2 is 1.83 bits per heavy atom. The number of hydrogen-bond acceptors (Lipinski definition) is 2. The van der Waals surface area contributed by atoms with Crippen LogP contribution in [0.3, 0.4) is 0 Å². The first kappa shape index (κ1) is 19.3. The number of amides is 2. The van der Waals surface area contributed by atoms with Crippen molar-refractivity contribution in [1.29, 1.82) is 0 Å². The Balaban J connectivity index is 2.69. The quantitative estimate of drug-likeness (QED) is 0.818. The van der Waals surface area contributed by atoms with Gasteiger partial charge in [-0.25, -0.2) is 0 Å². The summed E-state index contributed by atoms with van der Waals surface area (Å²) in [5.74, 6) is -1.11. The van der Waals surface area contributed by atoms with E-state index >= 15 is 0 Å². The van der Waals surface area contributed by atoms with E-state index in [0.29, 0.717) is 12.8 Å². The molecule has 0 aliphatic rings. The van der Waals surface area contributed by atoms with Gasteiger partial charge in [0, 0.05) is 5.92 Å². The fourth-order valence-electron chi connectivity index (χ4n) is 1.96. The number of carbonyl (C=O) groups excluding carboxylic acids is 2. The monoisotopic (exact) mass is 350 g/mol. The van der Waals surface area contributed by atoms with Crippen LogP contribution in [0.25, 0.3) is 0 Å². The van der Waals surface area contributed by atoms with Gasteiger partial charge in [0.05, 0.1) is 22.8 Å². The van der Waals surface area contributed by atoms with Gasteiger partial charge in [-0.1, -0.05) is 25.4 Å². The Morgan fingerprint density at radius 3 is 2.35 bits per heavy atom. The summed E-state index contributed by atoms with van der Waals surface area (Å²) in [6.45, 7) is 3.38. The number of rotatable bonds is 6. The van der Waals surface area contributed by atoms with Crippen molar-refractivity contribution in [2.75, 3.05) is 11.9 Å². The number of halogens is 4. The fraction of sp³-hybridized carbons (Fsp3) is 0.467. The normalized spacial score (nSPS) is 11.4. The van der Waals surface area contributed by atoms with Crippen molar-refractivity contribution in [1.82, 2.24) is 5.32 Å². The zero-order chi connectivity index (χ0) is 17.6. The van der Waals surface area contributed by atoms with Gasteiger partial charge in [-0.15, -0.1) is 0 Å². The molecular weight excluding hydrogens is 333 g/mol. The van der Waals surface area contributed by atoms with Crippen LogP contribution in [-0.2, 0) is 15.8 Å². The maximum absolute atomic E-state index is 12.6. The average Bonchev–Trinajstić information content (AvgIpc) is 2.47. The van der Waals surface area contributed by atoms with Crippen LogP contribution in [0.4, 0.5) is 18.9 Å². The van der Waals surface area contributed by atoms with E-state index in [1.165, 1.54) is 0 Å². The first-order chi connectivity index (χ1) is 10.7. The van der Waals surface area contributed by atoms with Gasteiger partial charge in [-0.3, -0.25) is 9.59 Å². The molecule has 0 aromatic heterocycles. The third kappa shape index (κ3) is 5.74. The molecule has 1 rings (SSSR count).